The molecule has 0 spiro atoms. The van der Waals surface area contributed by atoms with Crippen LogP contribution in [0, 0.1) is 0 Å². The predicted octanol–water partition coefficient (Wildman–Crippen LogP) is 3.06. The van der Waals surface area contributed by atoms with Crippen LogP contribution in [-0.4, -0.2) is 28.8 Å². The maximum atomic E-state index is 13.8. The third-order valence-corrected chi connectivity index (χ3v) is 2.87. The summed E-state index contributed by atoms with van der Waals surface area (Å²) in [5, 5.41) is 9.53. The van der Waals surface area contributed by atoms with Crippen LogP contribution < -0.4 is 0 Å². The van der Waals surface area contributed by atoms with Crippen LogP contribution in [0.3, 0.4) is 0 Å². The number of halogens is 1. The predicted molar refractivity (Wildman–Crippen MR) is 68.9 cm³/mol. The fourth-order valence-corrected chi connectivity index (χ4v) is 1.81. The van der Waals surface area contributed by atoms with Gasteiger partial charge in [-0.2, -0.15) is 0 Å². The van der Waals surface area contributed by atoms with Gasteiger partial charge in [0.1, 0.15) is 6.04 Å². The van der Waals surface area contributed by atoms with E-state index < -0.39 is 12.0 Å². The van der Waals surface area contributed by atoms with Gasteiger partial charge in [-0.25, -0.2) is 0 Å². The molecule has 0 aliphatic heterocycles. The molecule has 1 N–H and O–H groups in total. The molecule has 100 valence electrons. The van der Waals surface area contributed by atoms with Crippen molar-refractivity contribution < 1.29 is 14.4 Å². The van der Waals surface area contributed by atoms with Crippen LogP contribution in [0.25, 0.3) is 0 Å². The molecule has 1 aromatic carbocycles. The maximum absolute atomic E-state index is 13.8. The number of carboxylic acids is 1. The highest BCUT2D eigenvalue weighted by Crippen LogP contribution is 2.11. The molecule has 0 bridgehead atoms. The summed E-state index contributed by atoms with van der Waals surface area (Å²) in [7, 11) is 0. The third kappa shape index (κ3) is 4.84. The molecule has 0 saturated heterocycles. The minimum Gasteiger partial charge on any atom is -0.480 e. The van der Waals surface area contributed by atoms with Crippen LogP contribution in [0.4, 0.5) is 4.48 Å². The summed E-state index contributed by atoms with van der Waals surface area (Å²) in [6.07, 6.45) is 2.78. The van der Waals surface area contributed by atoms with E-state index >= 15 is 0 Å². The number of carbonyl (C=O) groups is 1. The van der Waals surface area contributed by atoms with E-state index in [4.69, 9.17) is 5.11 Å². The van der Waals surface area contributed by atoms with Gasteiger partial charge in [-0.3, -0.25) is 4.79 Å². The number of benzene rings is 1. The Kier molecular flexibility index (Phi) is 6.36. The Hall–Kier alpha value is -1.42. The normalized spacial score (nSPS) is 12.6. The largest absolute Gasteiger partial charge is 0.480 e. The molecule has 0 fully saturated rings. The molecule has 0 saturated carbocycles. The van der Waals surface area contributed by atoms with Crippen LogP contribution in [-0.2, 0) is 11.2 Å². The number of hydrogen-bond acceptors (Lipinski definition) is 2. The third-order valence-electron chi connectivity index (χ3n) is 2.87. The van der Waals surface area contributed by atoms with E-state index in [0.717, 1.165) is 18.4 Å². The molecule has 1 rings (SSSR count). The quantitative estimate of drug-likeness (QED) is 0.572. The zero-order valence-electron chi connectivity index (χ0n) is 10.7. The SMILES string of the molecule is CCCCCN(F)[C@@H](Cc1ccccc1)C(=O)O. The summed E-state index contributed by atoms with van der Waals surface area (Å²) in [6.45, 7) is 2.21. The summed E-state index contributed by atoms with van der Waals surface area (Å²) in [4.78, 5) is 11.1. The molecule has 0 amide bonds. The van der Waals surface area contributed by atoms with Gasteiger partial charge >= 0.3 is 5.97 Å². The average molecular weight is 253 g/mol. The summed E-state index contributed by atoms with van der Waals surface area (Å²) in [5.74, 6) is -1.11. The molecule has 18 heavy (non-hydrogen) atoms. The van der Waals surface area contributed by atoms with Gasteiger partial charge < -0.3 is 5.11 Å². The van der Waals surface area contributed by atoms with Crippen LogP contribution in [0.1, 0.15) is 31.7 Å². The summed E-state index contributed by atoms with van der Waals surface area (Å²) >= 11 is 0. The van der Waals surface area contributed by atoms with Gasteiger partial charge in [0, 0.05) is 13.0 Å². The second-order valence-corrected chi connectivity index (χ2v) is 4.37. The van der Waals surface area contributed by atoms with Gasteiger partial charge in [-0.1, -0.05) is 50.1 Å². The van der Waals surface area contributed by atoms with E-state index in [1.807, 2.05) is 37.3 Å². The van der Waals surface area contributed by atoms with Crippen molar-refractivity contribution in [2.45, 2.75) is 38.6 Å². The molecular weight excluding hydrogens is 233 g/mol. The van der Waals surface area contributed by atoms with E-state index in [0.29, 0.717) is 11.5 Å². The van der Waals surface area contributed by atoms with Crippen molar-refractivity contribution in [1.82, 2.24) is 5.12 Å². The molecule has 0 aliphatic carbocycles. The molecule has 4 heteroatoms. The number of aliphatic carboxylic acids is 1. The molecule has 0 radical (unpaired) electrons. The second kappa shape index (κ2) is 7.82. The van der Waals surface area contributed by atoms with Crippen molar-refractivity contribution in [3.05, 3.63) is 35.9 Å². The molecule has 3 nitrogen and oxygen atoms in total. The zero-order chi connectivity index (χ0) is 13.4. The number of nitrogens with zero attached hydrogens (tertiary/aromatic N) is 1. The Morgan fingerprint density at radius 3 is 2.56 bits per heavy atom. The monoisotopic (exact) mass is 253 g/mol. The van der Waals surface area contributed by atoms with Crippen LogP contribution in [0.2, 0.25) is 0 Å². The van der Waals surface area contributed by atoms with E-state index in [9.17, 15) is 9.28 Å². The highest BCUT2D eigenvalue weighted by atomic mass is 19.2. The maximum Gasteiger partial charge on any atom is 0.323 e. The van der Waals surface area contributed by atoms with E-state index in [1.54, 1.807) is 0 Å². The number of carboxylic acid groups (broad SMARTS) is 1. The van der Waals surface area contributed by atoms with Gasteiger partial charge in [0.2, 0.25) is 0 Å². The van der Waals surface area contributed by atoms with Crippen LogP contribution in [0.5, 0.6) is 0 Å². The lowest BCUT2D eigenvalue weighted by Crippen LogP contribution is -2.38. The van der Waals surface area contributed by atoms with Gasteiger partial charge in [-0.15, -0.1) is 9.60 Å². The van der Waals surface area contributed by atoms with Crippen molar-refractivity contribution in [2.24, 2.45) is 0 Å². The molecular formula is C14H20FNO2. The summed E-state index contributed by atoms with van der Waals surface area (Å²) < 4.78 is 13.8. The summed E-state index contributed by atoms with van der Waals surface area (Å²) in [5.41, 5.74) is 0.836. The Morgan fingerprint density at radius 1 is 1.33 bits per heavy atom. The Morgan fingerprint density at radius 2 is 2.00 bits per heavy atom. The standard InChI is InChI=1S/C14H20FNO2/c1-2-3-7-10-16(15)13(14(17)18)11-12-8-5-4-6-9-12/h4-6,8-9,13H,2-3,7,10-11H2,1H3,(H,17,18)/t13-/m0/s1. The van der Waals surface area contributed by atoms with E-state index in [1.165, 1.54) is 0 Å². The smallest absolute Gasteiger partial charge is 0.323 e. The van der Waals surface area contributed by atoms with Gasteiger partial charge in [0.15, 0.2) is 0 Å². The van der Waals surface area contributed by atoms with Crippen molar-refractivity contribution in [3.63, 3.8) is 0 Å². The minimum atomic E-state index is -1.11. The Balaban J connectivity index is 2.57. The van der Waals surface area contributed by atoms with Gasteiger partial charge in [0.25, 0.3) is 0 Å². The summed E-state index contributed by atoms with van der Waals surface area (Å²) in [6, 6.07) is 8.05. The average Bonchev–Trinajstić information content (AvgIpc) is 2.37. The lowest BCUT2D eigenvalue weighted by Gasteiger charge is -2.20. The van der Waals surface area contributed by atoms with Crippen LogP contribution in [0.15, 0.2) is 30.3 Å². The fraction of sp³-hybridized carbons (Fsp3) is 0.500. The number of rotatable bonds is 8. The fourth-order valence-electron chi connectivity index (χ4n) is 1.81. The van der Waals surface area contributed by atoms with Crippen LogP contribution >= 0.6 is 0 Å². The van der Waals surface area contributed by atoms with Crippen molar-refractivity contribution in [3.8, 4) is 0 Å². The van der Waals surface area contributed by atoms with Crippen molar-refractivity contribution in [1.29, 1.82) is 0 Å². The van der Waals surface area contributed by atoms with Gasteiger partial charge in [0.05, 0.1) is 0 Å². The first-order chi connectivity index (χ1) is 8.65. The second-order valence-electron chi connectivity index (χ2n) is 4.37. The van der Waals surface area contributed by atoms with Crippen molar-refractivity contribution in [2.75, 3.05) is 6.54 Å². The van der Waals surface area contributed by atoms with E-state index in [2.05, 4.69) is 0 Å². The molecule has 0 aromatic heterocycles. The minimum absolute atomic E-state index is 0.178. The molecule has 0 aliphatic rings. The lowest BCUT2D eigenvalue weighted by molar-refractivity contribution is -0.151. The van der Waals surface area contributed by atoms with Crippen molar-refractivity contribution >= 4 is 5.97 Å². The molecule has 1 aromatic rings. The first-order valence-corrected chi connectivity index (χ1v) is 6.34. The highest BCUT2D eigenvalue weighted by Gasteiger charge is 2.25. The number of hydrogen-bond donors (Lipinski definition) is 1. The molecule has 0 unspecified atom stereocenters. The first kappa shape index (κ1) is 14.6. The van der Waals surface area contributed by atoms with Gasteiger partial charge in [-0.05, 0) is 12.0 Å². The number of unbranched alkanes of at least 4 members (excludes halogenated alkanes) is 2. The topological polar surface area (TPSA) is 40.5 Å². The Bertz CT molecular complexity index is 356. The lowest BCUT2D eigenvalue weighted by atomic mass is 10.1. The molecule has 0 heterocycles. The molecule has 1 atom stereocenters. The highest BCUT2D eigenvalue weighted by molar-refractivity contribution is 5.73. The zero-order valence-corrected chi connectivity index (χ0v) is 10.7. The Labute approximate surface area is 107 Å². The first-order valence-electron chi connectivity index (χ1n) is 6.34. The van der Waals surface area contributed by atoms with E-state index in [-0.39, 0.29) is 13.0 Å².